The van der Waals surface area contributed by atoms with Gasteiger partial charge in [0.1, 0.15) is 29.6 Å². The molecule has 1 saturated heterocycles. The number of aliphatic hydroxyl groups excluding tert-OH is 4. The Morgan fingerprint density at radius 3 is 2.55 bits per heavy atom. The molecule has 3 aromatic rings. The first-order chi connectivity index (χ1) is 14.9. The first kappa shape index (κ1) is 21.3. The average molecular weight is 429 g/mol. The number of hydrogen-bond acceptors (Lipinski definition) is 8. The van der Waals surface area contributed by atoms with Gasteiger partial charge in [-0.05, 0) is 18.2 Å². The molecule has 1 aromatic heterocycles. The number of benzene rings is 2. The standard InChI is InChI=1S/C22H23NO8/c1-29-21(28)13-7-3-5-9-16(13)30-22(14-10-23-15-8-4-2-6-12(14)15)20(27)19(26)18(25)17(11-24)31-22/h2-10,17-20,23-27H,11H2,1H3/t17-,18+,19+,20-,22-/m1/s1. The third-order valence-corrected chi connectivity index (χ3v) is 5.47. The lowest BCUT2D eigenvalue weighted by molar-refractivity contribution is -0.345. The summed E-state index contributed by atoms with van der Waals surface area (Å²) in [6.45, 7) is -0.642. The van der Waals surface area contributed by atoms with Gasteiger partial charge in [0.25, 0.3) is 5.79 Å². The van der Waals surface area contributed by atoms with E-state index in [1.54, 1.807) is 36.5 Å². The third-order valence-electron chi connectivity index (χ3n) is 5.47. The molecule has 0 radical (unpaired) electrons. The topological polar surface area (TPSA) is 141 Å². The summed E-state index contributed by atoms with van der Waals surface area (Å²) in [7, 11) is 1.22. The van der Waals surface area contributed by atoms with Crippen molar-refractivity contribution in [3.63, 3.8) is 0 Å². The van der Waals surface area contributed by atoms with Crippen molar-refractivity contribution < 1.29 is 39.4 Å². The molecule has 0 unspecified atom stereocenters. The van der Waals surface area contributed by atoms with Gasteiger partial charge in [0.2, 0.25) is 0 Å². The zero-order valence-corrected chi connectivity index (χ0v) is 16.6. The highest BCUT2D eigenvalue weighted by Gasteiger charge is 2.57. The predicted molar refractivity (Wildman–Crippen MR) is 108 cm³/mol. The highest BCUT2D eigenvalue weighted by atomic mass is 16.7. The highest BCUT2D eigenvalue weighted by molar-refractivity contribution is 5.92. The van der Waals surface area contributed by atoms with E-state index < -0.39 is 42.8 Å². The van der Waals surface area contributed by atoms with Crippen LogP contribution in [0.3, 0.4) is 0 Å². The van der Waals surface area contributed by atoms with Gasteiger partial charge in [-0.3, -0.25) is 0 Å². The first-order valence-electron chi connectivity index (χ1n) is 9.68. The van der Waals surface area contributed by atoms with Gasteiger partial charge in [-0.2, -0.15) is 0 Å². The number of carbonyl (C=O) groups excluding carboxylic acids is 1. The number of aromatic nitrogens is 1. The van der Waals surface area contributed by atoms with Gasteiger partial charge in [-0.15, -0.1) is 0 Å². The molecule has 2 aromatic carbocycles. The van der Waals surface area contributed by atoms with Crippen LogP contribution in [0.4, 0.5) is 0 Å². The van der Waals surface area contributed by atoms with E-state index in [1.807, 2.05) is 6.07 Å². The molecule has 0 bridgehead atoms. The fourth-order valence-electron chi connectivity index (χ4n) is 3.86. The fraction of sp³-hybridized carbons (Fsp3) is 0.318. The summed E-state index contributed by atoms with van der Waals surface area (Å²) < 4.78 is 16.9. The quantitative estimate of drug-likeness (QED) is 0.373. The van der Waals surface area contributed by atoms with Crippen LogP contribution in [0.25, 0.3) is 10.9 Å². The Labute approximate surface area is 177 Å². The molecular weight excluding hydrogens is 406 g/mol. The molecule has 1 fully saturated rings. The monoisotopic (exact) mass is 429 g/mol. The normalized spacial score (nSPS) is 28.4. The number of aliphatic hydroxyl groups is 4. The van der Waals surface area contributed by atoms with E-state index in [9.17, 15) is 25.2 Å². The number of H-pyrrole nitrogens is 1. The van der Waals surface area contributed by atoms with E-state index in [0.29, 0.717) is 16.5 Å². The summed E-state index contributed by atoms with van der Waals surface area (Å²) in [5.74, 6) is -2.70. The van der Waals surface area contributed by atoms with Gasteiger partial charge in [0.05, 0.1) is 19.3 Å². The van der Waals surface area contributed by atoms with E-state index in [4.69, 9.17) is 14.2 Å². The number of para-hydroxylation sites is 2. The second-order valence-electron chi connectivity index (χ2n) is 7.27. The number of aromatic amines is 1. The van der Waals surface area contributed by atoms with Crippen molar-refractivity contribution in [2.45, 2.75) is 30.2 Å². The van der Waals surface area contributed by atoms with Gasteiger partial charge in [-0.25, -0.2) is 4.79 Å². The number of ether oxygens (including phenoxy) is 3. The smallest absolute Gasteiger partial charge is 0.341 e. The summed E-state index contributed by atoms with van der Waals surface area (Å²) in [6.07, 6.45) is -4.75. The summed E-state index contributed by atoms with van der Waals surface area (Å²) in [6, 6.07) is 13.4. The van der Waals surface area contributed by atoms with Crippen LogP contribution < -0.4 is 4.74 Å². The van der Waals surface area contributed by atoms with Crippen LogP contribution in [-0.4, -0.2) is 69.5 Å². The molecule has 0 saturated carbocycles. The van der Waals surface area contributed by atoms with Gasteiger partial charge in [-0.1, -0.05) is 30.3 Å². The largest absolute Gasteiger partial charge is 0.465 e. The number of rotatable bonds is 5. The molecule has 0 aliphatic carbocycles. The molecule has 1 aliphatic heterocycles. The van der Waals surface area contributed by atoms with Crippen LogP contribution in [0.5, 0.6) is 5.75 Å². The second-order valence-corrected chi connectivity index (χ2v) is 7.27. The molecule has 31 heavy (non-hydrogen) atoms. The molecule has 5 atom stereocenters. The van der Waals surface area contributed by atoms with Gasteiger partial charge in [0, 0.05) is 17.1 Å². The molecule has 9 heteroatoms. The summed E-state index contributed by atoms with van der Waals surface area (Å²) >= 11 is 0. The van der Waals surface area contributed by atoms with Crippen molar-refractivity contribution in [1.29, 1.82) is 0 Å². The molecular formula is C22H23NO8. The SMILES string of the molecule is COC(=O)c1ccccc1O[C@]1(c2c[nH]c3ccccc23)O[C@H](CO)[C@H](O)[C@H](O)[C@H]1O. The molecule has 1 aliphatic rings. The van der Waals surface area contributed by atoms with Crippen molar-refractivity contribution in [2.75, 3.05) is 13.7 Å². The second kappa shape index (κ2) is 8.29. The van der Waals surface area contributed by atoms with Crippen LogP contribution in [-0.2, 0) is 15.3 Å². The minimum Gasteiger partial charge on any atom is -0.465 e. The van der Waals surface area contributed by atoms with Crippen LogP contribution in [0.15, 0.2) is 54.7 Å². The number of methoxy groups -OCH3 is 1. The van der Waals surface area contributed by atoms with Gasteiger partial charge in [0.15, 0.2) is 6.10 Å². The Kier molecular flexibility index (Phi) is 5.69. The van der Waals surface area contributed by atoms with Gasteiger partial charge < -0.3 is 39.6 Å². The van der Waals surface area contributed by atoms with Crippen LogP contribution in [0.2, 0.25) is 0 Å². The molecule has 0 amide bonds. The van der Waals surface area contributed by atoms with E-state index >= 15 is 0 Å². The zero-order valence-electron chi connectivity index (χ0n) is 16.6. The number of fused-ring (bicyclic) bond motifs is 1. The van der Waals surface area contributed by atoms with E-state index in [-0.39, 0.29) is 11.3 Å². The third kappa shape index (κ3) is 3.46. The first-order valence-corrected chi connectivity index (χ1v) is 9.68. The Hall–Kier alpha value is -2.95. The average Bonchev–Trinajstić information content (AvgIpc) is 3.24. The maximum Gasteiger partial charge on any atom is 0.341 e. The van der Waals surface area contributed by atoms with Crippen molar-refractivity contribution >= 4 is 16.9 Å². The van der Waals surface area contributed by atoms with Gasteiger partial charge >= 0.3 is 5.97 Å². The summed E-state index contributed by atoms with van der Waals surface area (Å²) in [5.41, 5.74) is 1.10. The zero-order chi connectivity index (χ0) is 22.2. The molecule has 2 heterocycles. The number of nitrogens with one attached hydrogen (secondary N) is 1. The Balaban J connectivity index is 1.92. The van der Waals surface area contributed by atoms with Crippen molar-refractivity contribution in [1.82, 2.24) is 4.98 Å². The van der Waals surface area contributed by atoms with E-state index in [1.165, 1.54) is 19.2 Å². The predicted octanol–water partition coefficient (Wildman–Crippen LogP) is 0.660. The van der Waals surface area contributed by atoms with E-state index in [2.05, 4.69) is 4.98 Å². The Morgan fingerprint density at radius 1 is 1.10 bits per heavy atom. The fourth-order valence-corrected chi connectivity index (χ4v) is 3.86. The maximum absolute atomic E-state index is 12.3. The van der Waals surface area contributed by atoms with E-state index in [0.717, 1.165) is 0 Å². The molecule has 9 nitrogen and oxygen atoms in total. The lowest BCUT2D eigenvalue weighted by Crippen LogP contribution is -2.65. The maximum atomic E-state index is 12.3. The molecule has 5 N–H and O–H groups in total. The Bertz CT molecular complexity index is 1080. The van der Waals surface area contributed by atoms with Crippen molar-refractivity contribution in [3.8, 4) is 5.75 Å². The minimum atomic E-state index is -2.06. The summed E-state index contributed by atoms with van der Waals surface area (Å²) in [4.78, 5) is 15.3. The number of carbonyl (C=O) groups is 1. The highest BCUT2D eigenvalue weighted by Crippen LogP contribution is 2.43. The van der Waals surface area contributed by atoms with Crippen molar-refractivity contribution in [3.05, 3.63) is 65.9 Å². The molecule has 4 rings (SSSR count). The van der Waals surface area contributed by atoms with Crippen LogP contribution >= 0.6 is 0 Å². The molecule has 164 valence electrons. The minimum absolute atomic E-state index is 0.0268. The number of hydrogen-bond donors (Lipinski definition) is 5. The summed E-state index contributed by atoms with van der Waals surface area (Å²) in [5, 5.41) is 42.3. The lowest BCUT2D eigenvalue weighted by atomic mass is 9.87. The molecule has 0 spiro atoms. The van der Waals surface area contributed by atoms with Crippen molar-refractivity contribution in [2.24, 2.45) is 0 Å². The lowest BCUT2D eigenvalue weighted by Gasteiger charge is -2.48. The van der Waals surface area contributed by atoms with Crippen LogP contribution in [0, 0.1) is 0 Å². The Morgan fingerprint density at radius 2 is 1.81 bits per heavy atom. The number of esters is 1. The van der Waals surface area contributed by atoms with Crippen LogP contribution in [0.1, 0.15) is 15.9 Å².